The van der Waals surface area contributed by atoms with Gasteiger partial charge in [0.2, 0.25) is 5.72 Å². The second-order valence-corrected chi connectivity index (χ2v) is 13.1. The molecule has 7 heteroatoms. The molecule has 8 rings (SSSR count). The molecular formula is C40H34N2O5. The summed E-state index contributed by atoms with van der Waals surface area (Å²) in [6.07, 6.45) is 5.70. The van der Waals surface area contributed by atoms with Gasteiger partial charge >= 0.3 is 5.97 Å². The molecule has 2 aliphatic rings. The van der Waals surface area contributed by atoms with Crippen molar-refractivity contribution < 1.29 is 19.2 Å². The molecule has 0 bridgehead atoms. The van der Waals surface area contributed by atoms with Gasteiger partial charge in [-0.05, 0) is 94.4 Å². The topological polar surface area (TPSA) is 81.9 Å². The Bertz CT molecular complexity index is 2220. The zero-order valence-electron chi connectivity index (χ0n) is 26.4. The van der Waals surface area contributed by atoms with Crippen LogP contribution >= 0.6 is 0 Å². The summed E-state index contributed by atoms with van der Waals surface area (Å²) >= 11 is 0. The Labute approximate surface area is 272 Å². The third kappa shape index (κ3) is 4.52. The molecule has 6 aromatic carbocycles. The molecule has 0 aliphatic carbocycles. The van der Waals surface area contributed by atoms with E-state index in [2.05, 4.69) is 85.5 Å². The van der Waals surface area contributed by atoms with E-state index in [0.717, 1.165) is 17.7 Å². The van der Waals surface area contributed by atoms with E-state index in [1.807, 2.05) is 24.3 Å². The lowest BCUT2D eigenvalue weighted by molar-refractivity contribution is -0.384. The number of hydrogen-bond donors (Lipinski definition) is 0. The molecule has 7 nitrogen and oxygen atoms in total. The van der Waals surface area contributed by atoms with Crippen molar-refractivity contribution in [3.8, 4) is 5.75 Å². The summed E-state index contributed by atoms with van der Waals surface area (Å²) in [5.74, 6) is 0.356. The van der Waals surface area contributed by atoms with Gasteiger partial charge in [-0.1, -0.05) is 72.8 Å². The first-order valence-corrected chi connectivity index (χ1v) is 16.1. The summed E-state index contributed by atoms with van der Waals surface area (Å²) in [6, 6.07) is 32.4. The van der Waals surface area contributed by atoms with Crippen molar-refractivity contribution >= 4 is 55.7 Å². The maximum absolute atomic E-state index is 13.0. The summed E-state index contributed by atoms with van der Waals surface area (Å²) < 4.78 is 12.6. The first-order valence-electron chi connectivity index (χ1n) is 16.1. The lowest BCUT2D eigenvalue weighted by Gasteiger charge is -2.47. The monoisotopic (exact) mass is 622 g/mol. The van der Waals surface area contributed by atoms with Crippen LogP contribution < -0.4 is 9.64 Å². The van der Waals surface area contributed by atoms with Gasteiger partial charge in [0.25, 0.3) is 5.69 Å². The summed E-state index contributed by atoms with van der Waals surface area (Å²) in [4.78, 5) is 26.1. The fourth-order valence-electron chi connectivity index (χ4n) is 7.75. The molecule has 2 heterocycles. The number of fused-ring (bicyclic) bond motifs is 2. The summed E-state index contributed by atoms with van der Waals surface area (Å²) in [7, 11) is 0. The van der Waals surface area contributed by atoms with Gasteiger partial charge in [0.15, 0.2) is 0 Å². The van der Waals surface area contributed by atoms with Gasteiger partial charge in [-0.2, -0.15) is 0 Å². The number of ether oxygens (including phenoxy) is 2. The molecule has 1 spiro atoms. The van der Waals surface area contributed by atoms with E-state index in [1.54, 1.807) is 6.07 Å². The zero-order chi connectivity index (χ0) is 32.3. The average molecular weight is 623 g/mol. The minimum atomic E-state index is -0.902. The molecule has 6 aromatic rings. The Balaban J connectivity index is 0.965. The van der Waals surface area contributed by atoms with Crippen molar-refractivity contribution in [3.05, 3.63) is 130 Å². The van der Waals surface area contributed by atoms with E-state index in [9.17, 15) is 14.9 Å². The van der Waals surface area contributed by atoms with Crippen molar-refractivity contribution in [2.45, 2.75) is 44.2 Å². The van der Waals surface area contributed by atoms with Gasteiger partial charge in [-0.25, -0.2) is 0 Å². The highest BCUT2D eigenvalue weighted by Gasteiger charge is 2.58. The molecule has 0 aromatic heterocycles. The van der Waals surface area contributed by atoms with E-state index in [-0.39, 0.29) is 18.3 Å². The molecule has 1 atom stereocenters. The van der Waals surface area contributed by atoms with E-state index < -0.39 is 16.1 Å². The molecule has 0 N–H and O–H groups in total. The largest absolute Gasteiger partial charge is 0.464 e. The van der Waals surface area contributed by atoms with Crippen LogP contribution in [0.5, 0.6) is 5.75 Å². The molecule has 1 unspecified atom stereocenters. The number of carbonyl (C=O) groups excluding carboxylic acids is 1. The van der Waals surface area contributed by atoms with Crippen molar-refractivity contribution in [1.29, 1.82) is 0 Å². The number of anilines is 1. The second-order valence-electron chi connectivity index (χ2n) is 13.1. The van der Waals surface area contributed by atoms with E-state index in [4.69, 9.17) is 9.47 Å². The Kier molecular flexibility index (Phi) is 6.69. The van der Waals surface area contributed by atoms with Crippen LogP contribution in [0.1, 0.15) is 43.4 Å². The molecule has 2 aliphatic heterocycles. The quantitative estimate of drug-likeness (QED) is 0.0730. The SMILES string of the molecule is CC1(C)c2ccccc2N(CCOC(=O)CCCc2ccc3ccc4cccc5ccc2c3c45)C12C=Cc1cc([N+](=O)[O-])ccc1O2. The van der Waals surface area contributed by atoms with Crippen LogP contribution in [-0.4, -0.2) is 29.8 Å². The zero-order valence-corrected chi connectivity index (χ0v) is 26.4. The van der Waals surface area contributed by atoms with Crippen LogP contribution in [0.25, 0.3) is 38.4 Å². The number of esters is 1. The number of carbonyl (C=O) groups is 1. The number of benzene rings is 6. The maximum Gasteiger partial charge on any atom is 0.305 e. The van der Waals surface area contributed by atoms with Gasteiger partial charge in [0.1, 0.15) is 12.4 Å². The van der Waals surface area contributed by atoms with Crippen LogP contribution in [0.2, 0.25) is 0 Å². The number of aryl methyl sites for hydroxylation is 1. The lowest BCUT2D eigenvalue weighted by atomic mass is 9.76. The van der Waals surface area contributed by atoms with Crippen LogP contribution in [0.15, 0.2) is 103 Å². The van der Waals surface area contributed by atoms with Gasteiger partial charge in [0.05, 0.1) is 16.9 Å². The summed E-state index contributed by atoms with van der Waals surface area (Å²) in [5.41, 5.74) is 2.68. The van der Waals surface area contributed by atoms with Crippen molar-refractivity contribution in [3.63, 3.8) is 0 Å². The standard InChI is InChI=1S/C40H34N2O5/c1-39(2)33-10-3-4-11-34(33)41(40(39)22-21-30-25-31(42(44)45)18-20-35(30)47-40)23-24-46-36(43)12-6-7-26-13-14-29-16-15-27-8-5-9-28-17-19-32(26)38(29)37(27)28/h3-5,8-11,13-22,25H,6-7,12,23-24H2,1-2H3. The second kappa shape index (κ2) is 10.8. The van der Waals surface area contributed by atoms with E-state index >= 15 is 0 Å². The molecule has 0 saturated carbocycles. The number of hydrogen-bond acceptors (Lipinski definition) is 6. The van der Waals surface area contributed by atoms with Crippen molar-refractivity contribution in [2.24, 2.45) is 0 Å². The maximum atomic E-state index is 13.0. The fourth-order valence-corrected chi connectivity index (χ4v) is 7.75. The van der Waals surface area contributed by atoms with Gasteiger partial charge in [-0.15, -0.1) is 0 Å². The summed E-state index contributed by atoms with van der Waals surface area (Å²) in [6.45, 7) is 4.90. The predicted octanol–water partition coefficient (Wildman–Crippen LogP) is 8.96. The molecule has 47 heavy (non-hydrogen) atoms. The molecule has 0 amide bonds. The van der Waals surface area contributed by atoms with Crippen LogP contribution in [-0.2, 0) is 21.4 Å². The van der Waals surface area contributed by atoms with Crippen LogP contribution in [0.3, 0.4) is 0 Å². The van der Waals surface area contributed by atoms with Crippen molar-refractivity contribution in [2.75, 3.05) is 18.1 Å². The molecule has 234 valence electrons. The molecule has 0 fully saturated rings. The number of rotatable bonds is 8. The average Bonchev–Trinajstić information content (AvgIpc) is 3.25. The van der Waals surface area contributed by atoms with Gasteiger partial charge in [0, 0.05) is 29.8 Å². The van der Waals surface area contributed by atoms with Crippen LogP contribution in [0, 0.1) is 10.1 Å². The number of para-hydroxylation sites is 1. The smallest absolute Gasteiger partial charge is 0.305 e. The highest BCUT2D eigenvalue weighted by Crippen LogP contribution is 2.55. The summed E-state index contributed by atoms with van der Waals surface area (Å²) in [5, 5.41) is 18.9. The first kappa shape index (κ1) is 29.0. The number of non-ortho nitro benzene ring substituents is 1. The third-order valence-corrected chi connectivity index (χ3v) is 10.1. The lowest BCUT2D eigenvalue weighted by Crippen LogP contribution is -2.60. The number of nitro groups is 1. The van der Waals surface area contributed by atoms with E-state index in [1.165, 1.54) is 50.0 Å². The van der Waals surface area contributed by atoms with Crippen LogP contribution in [0.4, 0.5) is 11.4 Å². The highest BCUT2D eigenvalue weighted by atomic mass is 16.6. The normalized spacial score (nSPS) is 17.7. The Morgan fingerprint density at radius 3 is 2.45 bits per heavy atom. The highest BCUT2D eigenvalue weighted by molar-refractivity contribution is 6.23. The molecule has 0 saturated heterocycles. The van der Waals surface area contributed by atoms with Crippen molar-refractivity contribution in [1.82, 2.24) is 0 Å². The Morgan fingerprint density at radius 1 is 0.894 bits per heavy atom. The van der Waals surface area contributed by atoms with Gasteiger partial charge in [-0.3, -0.25) is 14.9 Å². The van der Waals surface area contributed by atoms with E-state index in [0.29, 0.717) is 30.7 Å². The predicted molar refractivity (Wildman–Crippen MR) is 186 cm³/mol. The molecular weight excluding hydrogens is 588 g/mol. The van der Waals surface area contributed by atoms with Gasteiger partial charge < -0.3 is 14.4 Å². The number of nitrogens with zero attached hydrogens (tertiary/aromatic N) is 2. The molecule has 0 radical (unpaired) electrons. The fraction of sp³-hybridized carbons (Fsp3) is 0.225. The Morgan fingerprint density at radius 2 is 1.64 bits per heavy atom. The minimum Gasteiger partial charge on any atom is -0.464 e. The number of nitro benzene ring substituents is 1. The Hall–Kier alpha value is -5.43. The minimum absolute atomic E-state index is 0.0184. The first-order chi connectivity index (χ1) is 22.8. The third-order valence-electron chi connectivity index (χ3n) is 10.1.